The van der Waals surface area contributed by atoms with Crippen molar-refractivity contribution in [1.29, 1.82) is 0 Å². The predicted octanol–water partition coefficient (Wildman–Crippen LogP) is 2.83. The van der Waals surface area contributed by atoms with Gasteiger partial charge in [0.1, 0.15) is 17.6 Å². The van der Waals surface area contributed by atoms with E-state index in [4.69, 9.17) is 9.47 Å². The minimum absolute atomic E-state index is 0.253. The van der Waals surface area contributed by atoms with E-state index in [0.29, 0.717) is 31.3 Å². The monoisotopic (exact) mass is 331 g/mol. The number of hydrogen-bond donors (Lipinski definition) is 1. The molecule has 126 valence electrons. The maximum Gasteiger partial charge on any atom is 0.322 e. The Labute approximate surface area is 139 Å². The Morgan fingerprint density at radius 1 is 1.38 bits per heavy atom. The maximum atomic E-state index is 13.0. The third kappa shape index (κ3) is 3.62. The van der Waals surface area contributed by atoms with Gasteiger partial charge in [-0.3, -0.25) is 0 Å². The number of pyridine rings is 1. The van der Waals surface area contributed by atoms with Crippen LogP contribution in [0.25, 0.3) is 0 Å². The first-order valence-electron chi connectivity index (χ1n) is 7.59. The van der Waals surface area contributed by atoms with Gasteiger partial charge in [0, 0.05) is 12.7 Å². The molecular formula is C17H18FN3O3. The van der Waals surface area contributed by atoms with Crippen LogP contribution in [0.4, 0.5) is 14.9 Å². The number of urea groups is 1. The van der Waals surface area contributed by atoms with Gasteiger partial charge in [0.25, 0.3) is 0 Å². The SMILES string of the molecule is COc1ncccc1NC(=O)N1CCO[C@H](c2ccc(F)cc2)C1. The number of carbonyl (C=O) groups is 1. The van der Waals surface area contributed by atoms with Crippen LogP contribution < -0.4 is 10.1 Å². The van der Waals surface area contributed by atoms with Gasteiger partial charge in [0.2, 0.25) is 5.88 Å². The topological polar surface area (TPSA) is 63.7 Å². The summed E-state index contributed by atoms with van der Waals surface area (Å²) in [4.78, 5) is 18.2. The number of amides is 2. The summed E-state index contributed by atoms with van der Waals surface area (Å²) in [7, 11) is 1.50. The molecule has 7 heteroatoms. The van der Waals surface area contributed by atoms with Gasteiger partial charge in [0.05, 0.1) is 20.3 Å². The summed E-state index contributed by atoms with van der Waals surface area (Å²) in [6, 6.07) is 9.31. The summed E-state index contributed by atoms with van der Waals surface area (Å²) >= 11 is 0. The first-order valence-corrected chi connectivity index (χ1v) is 7.59. The van der Waals surface area contributed by atoms with Crippen LogP contribution in [0, 0.1) is 5.82 Å². The molecule has 1 fully saturated rings. The first kappa shape index (κ1) is 16.2. The molecule has 1 aromatic carbocycles. The number of benzene rings is 1. The van der Waals surface area contributed by atoms with E-state index < -0.39 is 0 Å². The van der Waals surface area contributed by atoms with Gasteiger partial charge in [-0.05, 0) is 29.8 Å². The molecular weight excluding hydrogens is 313 g/mol. The Bertz CT molecular complexity index is 708. The minimum atomic E-state index is -0.298. The Balaban J connectivity index is 1.68. The molecule has 1 saturated heterocycles. The summed E-state index contributed by atoms with van der Waals surface area (Å²) in [6.07, 6.45) is 1.31. The average molecular weight is 331 g/mol. The van der Waals surface area contributed by atoms with Gasteiger partial charge in [0.15, 0.2) is 0 Å². The van der Waals surface area contributed by atoms with Crippen LogP contribution in [-0.2, 0) is 4.74 Å². The largest absolute Gasteiger partial charge is 0.480 e. The lowest BCUT2D eigenvalue weighted by molar-refractivity contribution is -0.0135. The van der Waals surface area contributed by atoms with Crippen molar-refractivity contribution in [2.45, 2.75) is 6.10 Å². The standard InChI is InChI=1S/C17H18FN3O3/c1-23-16-14(3-2-8-19-16)20-17(22)21-9-10-24-15(11-21)12-4-6-13(18)7-5-12/h2-8,15H,9-11H2,1H3,(H,20,22)/t15-/m0/s1. The second kappa shape index (κ2) is 7.27. The predicted molar refractivity (Wildman–Crippen MR) is 86.5 cm³/mol. The van der Waals surface area contributed by atoms with Crippen LogP contribution in [0.2, 0.25) is 0 Å². The third-order valence-corrected chi connectivity index (χ3v) is 3.80. The zero-order valence-corrected chi connectivity index (χ0v) is 13.2. The molecule has 0 spiro atoms. The lowest BCUT2D eigenvalue weighted by Crippen LogP contribution is -2.44. The number of methoxy groups -OCH3 is 1. The Morgan fingerprint density at radius 2 is 2.17 bits per heavy atom. The van der Waals surface area contributed by atoms with Crippen molar-refractivity contribution in [2.24, 2.45) is 0 Å². The fourth-order valence-corrected chi connectivity index (χ4v) is 2.56. The number of rotatable bonds is 3. The molecule has 0 unspecified atom stereocenters. The number of aromatic nitrogens is 1. The van der Waals surface area contributed by atoms with Gasteiger partial charge >= 0.3 is 6.03 Å². The molecule has 2 amide bonds. The highest BCUT2D eigenvalue weighted by molar-refractivity contribution is 5.90. The van der Waals surface area contributed by atoms with Gasteiger partial charge in [-0.15, -0.1) is 0 Å². The summed E-state index contributed by atoms with van der Waals surface area (Å²) in [5.41, 5.74) is 1.35. The van der Waals surface area contributed by atoms with Crippen molar-refractivity contribution in [3.8, 4) is 5.88 Å². The quantitative estimate of drug-likeness (QED) is 0.939. The fourth-order valence-electron chi connectivity index (χ4n) is 2.56. The number of anilines is 1. The first-order chi connectivity index (χ1) is 11.7. The van der Waals surface area contributed by atoms with E-state index in [9.17, 15) is 9.18 Å². The molecule has 0 aliphatic carbocycles. The minimum Gasteiger partial charge on any atom is -0.480 e. The van der Waals surface area contributed by atoms with Gasteiger partial charge in [-0.25, -0.2) is 14.2 Å². The van der Waals surface area contributed by atoms with Crippen molar-refractivity contribution in [1.82, 2.24) is 9.88 Å². The molecule has 3 rings (SSSR count). The number of carbonyl (C=O) groups excluding carboxylic acids is 1. The molecule has 0 bridgehead atoms. The average Bonchev–Trinajstić information content (AvgIpc) is 2.63. The van der Waals surface area contributed by atoms with E-state index in [-0.39, 0.29) is 18.0 Å². The van der Waals surface area contributed by atoms with E-state index >= 15 is 0 Å². The molecule has 0 saturated carbocycles. The highest BCUT2D eigenvalue weighted by Crippen LogP contribution is 2.24. The molecule has 2 aromatic rings. The van der Waals surface area contributed by atoms with E-state index in [1.807, 2.05) is 0 Å². The number of morpholine rings is 1. The molecule has 2 heterocycles. The zero-order valence-electron chi connectivity index (χ0n) is 13.2. The second-order valence-corrected chi connectivity index (χ2v) is 5.35. The molecule has 1 aromatic heterocycles. The Kier molecular flexibility index (Phi) is 4.90. The van der Waals surface area contributed by atoms with E-state index in [2.05, 4.69) is 10.3 Å². The molecule has 24 heavy (non-hydrogen) atoms. The van der Waals surface area contributed by atoms with Crippen molar-refractivity contribution in [2.75, 3.05) is 32.1 Å². The Hall–Kier alpha value is -2.67. The zero-order chi connectivity index (χ0) is 16.9. The highest BCUT2D eigenvalue weighted by Gasteiger charge is 2.26. The van der Waals surface area contributed by atoms with Gasteiger partial charge in [-0.2, -0.15) is 0 Å². The van der Waals surface area contributed by atoms with Crippen LogP contribution >= 0.6 is 0 Å². The Morgan fingerprint density at radius 3 is 2.92 bits per heavy atom. The molecule has 1 atom stereocenters. The lowest BCUT2D eigenvalue weighted by Gasteiger charge is -2.33. The smallest absolute Gasteiger partial charge is 0.322 e. The molecule has 0 radical (unpaired) electrons. The van der Waals surface area contributed by atoms with Crippen LogP contribution in [-0.4, -0.2) is 42.7 Å². The highest BCUT2D eigenvalue weighted by atomic mass is 19.1. The van der Waals surface area contributed by atoms with Gasteiger partial charge in [-0.1, -0.05) is 12.1 Å². The van der Waals surface area contributed by atoms with Crippen LogP contribution in [0.1, 0.15) is 11.7 Å². The van der Waals surface area contributed by atoms with E-state index in [0.717, 1.165) is 5.56 Å². The lowest BCUT2D eigenvalue weighted by atomic mass is 10.1. The van der Waals surface area contributed by atoms with Crippen LogP contribution in [0.15, 0.2) is 42.6 Å². The third-order valence-electron chi connectivity index (χ3n) is 3.80. The van der Waals surface area contributed by atoms with Crippen LogP contribution in [0.3, 0.4) is 0 Å². The number of nitrogens with zero attached hydrogens (tertiary/aromatic N) is 2. The number of halogens is 1. The summed E-state index contributed by atoms with van der Waals surface area (Å²) in [5.74, 6) is 0.0574. The van der Waals surface area contributed by atoms with Crippen molar-refractivity contribution in [3.05, 3.63) is 54.0 Å². The number of nitrogens with one attached hydrogen (secondary N) is 1. The molecule has 1 aliphatic heterocycles. The van der Waals surface area contributed by atoms with E-state index in [1.54, 1.807) is 35.4 Å². The summed E-state index contributed by atoms with van der Waals surface area (Å²) in [6.45, 7) is 1.28. The summed E-state index contributed by atoms with van der Waals surface area (Å²) in [5, 5.41) is 2.80. The van der Waals surface area contributed by atoms with Crippen molar-refractivity contribution >= 4 is 11.7 Å². The molecule has 6 nitrogen and oxygen atoms in total. The number of hydrogen-bond acceptors (Lipinski definition) is 4. The maximum absolute atomic E-state index is 13.0. The fraction of sp³-hybridized carbons (Fsp3) is 0.294. The number of ether oxygens (including phenoxy) is 2. The molecule has 1 aliphatic rings. The van der Waals surface area contributed by atoms with Crippen molar-refractivity contribution in [3.63, 3.8) is 0 Å². The van der Waals surface area contributed by atoms with Gasteiger partial charge < -0.3 is 19.7 Å². The summed E-state index contributed by atoms with van der Waals surface area (Å²) < 4.78 is 23.9. The van der Waals surface area contributed by atoms with Crippen molar-refractivity contribution < 1.29 is 18.7 Å². The second-order valence-electron chi connectivity index (χ2n) is 5.35. The van der Waals surface area contributed by atoms with E-state index in [1.165, 1.54) is 19.2 Å². The molecule has 1 N–H and O–H groups in total. The van der Waals surface area contributed by atoms with Crippen LogP contribution in [0.5, 0.6) is 5.88 Å². The normalized spacial score (nSPS) is 17.4.